The van der Waals surface area contributed by atoms with E-state index in [2.05, 4.69) is 10.6 Å². The molecule has 0 bridgehead atoms. The number of methoxy groups -OCH3 is 1. The van der Waals surface area contributed by atoms with Gasteiger partial charge in [0.25, 0.3) is 0 Å². The van der Waals surface area contributed by atoms with E-state index in [-0.39, 0.29) is 11.8 Å². The van der Waals surface area contributed by atoms with Gasteiger partial charge in [0.05, 0.1) is 7.11 Å². The smallest absolute Gasteiger partial charge is 0.248 e. The highest BCUT2D eigenvalue weighted by Gasteiger charge is 2.21. The van der Waals surface area contributed by atoms with Gasteiger partial charge in [-0.3, -0.25) is 9.59 Å². The van der Waals surface area contributed by atoms with Crippen LogP contribution in [0.25, 0.3) is 6.08 Å². The Hall–Kier alpha value is -3.08. The van der Waals surface area contributed by atoms with E-state index in [1.807, 2.05) is 45.0 Å². The summed E-state index contributed by atoms with van der Waals surface area (Å²) in [4.78, 5) is 24.2. The molecule has 0 radical (unpaired) electrons. The molecule has 0 unspecified atom stereocenters. The predicted octanol–water partition coefficient (Wildman–Crippen LogP) is 4.33. The Morgan fingerprint density at radius 3 is 2.27 bits per heavy atom. The lowest BCUT2D eigenvalue weighted by Crippen LogP contribution is -2.27. The van der Waals surface area contributed by atoms with Gasteiger partial charge in [0.15, 0.2) is 0 Å². The van der Waals surface area contributed by atoms with E-state index in [9.17, 15) is 9.59 Å². The van der Waals surface area contributed by atoms with Gasteiger partial charge in [0.1, 0.15) is 5.75 Å². The molecular formula is C21H24N2O3. The molecule has 2 amide bonds. The number of benzene rings is 2. The Morgan fingerprint density at radius 2 is 1.62 bits per heavy atom. The topological polar surface area (TPSA) is 67.4 Å². The Labute approximate surface area is 154 Å². The third kappa shape index (κ3) is 5.48. The van der Waals surface area contributed by atoms with Gasteiger partial charge < -0.3 is 15.4 Å². The van der Waals surface area contributed by atoms with E-state index < -0.39 is 5.41 Å². The molecule has 0 aliphatic heterocycles. The molecule has 0 aliphatic carbocycles. The summed E-state index contributed by atoms with van der Waals surface area (Å²) in [5.41, 5.74) is 1.57. The van der Waals surface area contributed by atoms with Gasteiger partial charge in [-0.15, -0.1) is 0 Å². The van der Waals surface area contributed by atoms with E-state index in [0.717, 1.165) is 5.56 Å². The highest BCUT2D eigenvalue weighted by molar-refractivity contribution is 6.02. The van der Waals surface area contributed by atoms with Crippen molar-refractivity contribution in [3.63, 3.8) is 0 Å². The molecule has 5 heteroatoms. The number of carbonyl (C=O) groups excluding carboxylic acids is 2. The lowest BCUT2D eigenvalue weighted by molar-refractivity contribution is -0.123. The number of rotatable bonds is 5. The van der Waals surface area contributed by atoms with Crippen molar-refractivity contribution >= 4 is 29.3 Å². The molecule has 0 atom stereocenters. The Kier molecular flexibility index (Phi) is 6.17. The zero-order valence-corrected chi connectivity index (χ0v) is 15.5. The van der Waals surface area contributed by atoms with Crippen LogP contribution in [0.2, 0.25) is 0 Å². The summed E-state index contributed by atoms with van der Waals surface area (Å²) in [7, 11) is 1.59. The molecule has 2 aromatic carbocycles. The number of ether oxygens (including phenoxy) is 1. The highest BCUT2D eigenvalue weighted by Crippen LogP contribution is 2.21. The van der Waals surface area contributed by atoms with Gasteiger partial charge >= 0.3 is 0 Å². The summed E-state index contributed by atoms with van der Waals surface area (Å²) in [5.74, 6) is 0.343. The summed E-state index contributed by atoms with van der Waals surface area (Å²) in [6.45, 7) is 5.53. The molecule has 2 aromatic rings. The second-order valence-corrected chi connectivity index (χ2v) is 6.85. The van der Waals surface area contributed by atoms with Gasteiger partial charge in [-0.25, -0.2) is 0 Å². The predicted molar refractivity (Wildman–Crippen MR) is 105 cm³/mol. The van der Waals surface area contributed by atoms with Gasteiger partial charge in [-0.1, -0.05) is 45.0 Å². The van der Waals surface area contributed by atoms with Crippen molar-refractivity contribution in [1.82, 2.24) is 0 Å². The van der Waals surface area contributed by atoms with Crippen LogP contribution in [0.4, 0.5) is 11.4 Å². The maximum atomic E-state index is 12.2. The number of para-hydroxylation sites is 1. The van der Waals surface area contributed by atoms with Gasteiger partial charge in [-0.2, -0.15) is 0 Å². The first-order chi connectivity index (χ1) is 12.3. The maximum absolute atomic E-state index is 12.2. The molecule has 0 aromatic heterocycles. The Morgan fingerprint density at radius 1 is 0.962 bits per heavy atom. The summed E-state index contributed by atoms with van der Waals surface area (Å²) >= 11 is 0. The normalized spacial score (nSPS) is 11.2. The van der Waals surface area contributed by atoms with Crippen molar-refractivity contribution in [3.05, 3.63) is 60.2 Å². The number of anilines is 2. The lowest BCUT2D eigenvalue weighted by Gasteiger charge is -2.18. The highest BCUT2D eigenvalue weighted by atomic mass is 16.5. The first kappa shape index (κ1) is 19.2. The van der Waals surface area contributed by atoms with Crippen LogP contribution in [-0.4, -0.2) is 18.9 Å². The Bertz CT molecular complexity index is 820. The first-order valence-corrected chi connectivity index (χ1v) is 8.33. The fourth-order valence-corrected chi connectivity index (χ4v) is 2.15. The van der Waals surface area contributed by atoms with Crippen LogP contribution < -0.4 is 15.4 Å². The number of hydrogen-bond donors (Lipinski definition) is 2. The molecular weight excluding hydrogens is 328 g/mol. The number of nitrogens with one attached hydrogen (secondary N) is 2. The van der Waals surface area contributed by atoms with Crippen molar-refractivity contribution in [2.75, 3.05) is 17.7 Å². The van der Waals surface area contributed by atoms with Crippen molar-refractivity contribution in [1.29, 1.82) is 0 Å². The van der Waals surface area contributed by atoms with E-state index >= 15 is 0 Å². The standard InChI is InChI=1S/C21H24N2O3/c1-21(2,3)20(25)23-17-10-7-9-16(14-17)22-19(24)13-12-15-8-5-6-11-18(15)26-4/h5-14H,1-4H3,(H,22,24)(H,23,25)/b13-12+. The Balaban J connectivity index is 2.04. The SMILES string of the molecule is COc1ccccc1/C=C/C(=O)Nc1cccc(NC(=O)C(C)(C)C)c1. The first-order valence-electron chi connectivity index (χ1n) is 8.33. The van der Waals surface area contributed by atoms with Crippen molar-refractivity contribution < 1.29 is 14.3 Å². The van der Waals surface area contributed by atoms with E-state index in [0.29, 0.717) is 17.1 Å². The van der Waals surface area contributed by atoms with Crippen LogP contribution in [0.1, 0.15) is 26.3 Å². The van der Waals surface area contributed by atoms with E-state index in [4.69, 9.17) is 4.74 Å². The lowest BCUT2D eigenvalue weighted by atomic mass is 9.95. The monoisotopic (exact) mass is 352 g/mol. The van der Waals surface area contributed by atoms with Crippen LogP contribution >= 0.6 is 0 Å². The fraction of sp³-hybridized carbons (Fsp3) is 0.238. The molecule has 0 spiro atoms. The summed E-state index contributed by atoms with van der Waals surface area (Å²) < 4.78 is 5.25. The molecule has 0 saturated carbocycles. The van der Waals surface area contributed by atoms with Crippen LogP contribution in [0.3, 0.4) is 0 Å². The second kappa shape index (κ2) is 8.34. The fourth-order valence-electron chi connectivity index (χ4n) is 2.15. The second-order valence-electron chi connectivity index (χ2n) is 6.85. The molecule has 0 aliphatic rings. The summed E-state index contributed by atoms with van der Waals surface area (Å²) in [5, 5.41) is 5.63. The molecule has 2 N–H and O–H groups in total. The van der Waals surface area contributed by atoms with Gasteiger partial charge in [0, 0.05) is 28.4 Å². The third-order valence-corrected chi connectivity index (χ3v) is 3.62. The average Bonchev–Trinajstić information content (AvgIpc) is 2.59. The molecule has 2 rings (SSSR count). The van der Waals surface area contributed by atoms with E-state index in [1.54, 1.807) is 37.5 Å². The minimum Gasteiger partial charge on any atom is -0.496 e. The van der Waals surface area contributed by atoms with Crippen LogP contribution in [0.5, 0.6) is 5.75 Å². The zero-order chi connectivity index (χ0) is 19.2. The number of carbonyl (C=O) groups is 2. The molecule has 5 nitrogen and oxygen atoms in total. The molecule has 0 saturated heterocycles. The summed E-state index contributed by atoms with van der Waals surface area (Å²) in [6.07, 6.45) is 3.14. The molecule has 26 heavy (non-hydrogen) atoms. The summed E-state index contributed by atoms with van der Waals surface area (Å²) in [6, 6.07) is 14.5. The largest absolute Gasteiger partial charge is 0.496 e. The molecule has 0 heterocycles. The van der Waals surface area contributed by atoms with E-state index in [1.165, 1.54) is 6.08 Å². The van der Waals surface area contributed by atoms with Crippen LogP contribution in [0, 0.1) is 5.41 Å². The van der Waals surface area contributed by atoms with Crippen molar-refractivity contribution in [2.45, 2.75) is 20.8 Å². The number of hydrogen-bond acceptors (Lipinski definition) is 3. The minimum absolute atomic E-state index is 0.0861. The van der Waals surface area contributed by atoms with Crippen molar-refractivity contribution in [2.24, 2.45) is 5.41 Å². The molecule has 136 valence electrons. The quantitative estimate of drug-likeness (QED) is 0.787. The van der Waals surface area contributed by atoms with Crippen LogP contribution in [0.15, 0.2) is 54.6 Å². The minimum atomic E-state index is -0.489. The number of amides is 2. The average molecular weight is 352 g/mol. The zero-order valence-electron chi connectivity index (χ0n) is 15.5. The van der Waals surface area contributed by atoms with Gasteiger partial charge in [-0.05, 0) is 30.3 Å². The molecule has 0 fully saturated rings. The maximum Gasteiger partial charge on any atom is 0.248 e. The van der Waals surface area contributed by atoms with Crippen molar-refractivity contribution in [3.8, 4) is 5.75 Å². The van der Waals surface area contributed by atoms with Crippen LogP contribution in [-0.2, 0) is 9.59 Å². The van der Waals surface area contributed by atoms with Gasteiger partial charge in [0.2, 0.25) is 11.8 Å². The third-order valence-electron chi connectivity index (χ3n) is 3.62.